The number of benzene rings is 1. The second kappa shape index (κ2) is 5.53. The monoisotopic (exact) mass is 319 g/mol. The van der Waals surface area contributed by atoms with Gasteiger partial charge in [0, 0.05) is 27.3 Å². The van der Waals surface area contributed by atoms with E-state index in [9.17, 15) is 13.2 Å². The van der Waals surface area contributed by atoms with Gasteiger partial charge in [-0.3, -0.25) is 4.79 Å². The van der Waals surface area contributed by atoms with Crippen LogP contribution in [0.3, 0.4) is 0 Å². The Morgan fingerprint density at radius 3 is 2.42 bits per heavy atom. The molecule has 1 amide bonds. The molecule has 2 rings (SSSR count). The molecule has 1 aliphatic rings. The van der Waals surface area contributed by atoms with Gasteiger partial charge < -0.3 is 5.32 Å². The number of nitrogens with one attached hydrogen (secondary N) is 1. The number of hydrogen-bond acceptors (Lipinski definition) is 3. The maximum atomic E-state index is 12.0. The summed E-state index contributed by atoms with van der Waals surface area (Å²) in [6, 6.07) is 3.87. The minimum Gasteiger partial charge on any atom is -0.349 e. The fourth-order valence-electron chi connectivity index (χ4n) is 1.84. The Labute approximate surface area is 120 Å². The highest BCUT2D eigenvalue weighted by molar-refractivity contribution is 8.13. The maximum absolute atomic E-state index is 12.0. The first kappa shape index (κ1) is 14.4. The van der Waals surface area contributed by atoms with Crippen LogP contribution in [-0.2, 0) is 9.05 Å². The van der Waals surface area contributed by atoms with Crippen LogP contribution in [-0.4, -0.2) is 20.4 Å². The average molecular weight is 320 g/mol. The summed E-state index contributed by atoms with van der Waals surface area (Å²) in [4.78, 5) is 11.8. The van der Waals surface area contributed by atoms with Crippen LogP contribution >= 0.6 is 22.3 Å². The van der Waals surface area contributed by atoms with Crippen molar-refractivity contribution in [3.05, 3.63) is 40.9 Å². The quantitative estimate of drug-likeness (QED) is 0.688. The topological polar surface area (TPSA) is 63.2 Å². The largest absolute Gasteiger partial charge is 0.349 e. The molecule has 0 unspecified atom stereocenters. The van der Waals surface area contributed by atoms with Gasteiger partial charge in [-0.1, -0.05) is 23.8 Å². The first-order chi connectivity index (χ1) is 8.86. The lowest BCUT2D eigenvalue weighted by Gasteiger charge is -2.12. The Kier molecular flexibility index (Phi) is 4.18. The fraction of sp³-hybridized carbons (Fsp3) is 0.250. The molecule has 0 spiro atoms. The highest BCUT2D eigenvalue weighted by atomic mass is 35.7. The van der Waals surface area contributed by atoms with Crippen LogP contribution < -0.4 is 5.32 Å². The number of carbonyl (C=O) groups excluding carboxylic acids is 1. The van der Waals surface area contributed by atoms with Crippen LogP contribution in [0.2, 0.25) is 5.02 Å². The molecular formula is C12H11Cl2NO3S. The fourth-order valence-corrected chi connectivity index (χ4v) is 2.94. The molecule has 19 heavy (non-hydrogen) atoms. The molecule has 0 bridgehead atoms. The number of rotatable bonds is 3. The molecule has 1 N–H and O–H groups in total. The van der Waals surface area contributed by atoms with E-state index in [0.717, 1.165) is 12.8 Å². The molecule has 0 saturated heterocycles. The summed E-state index contributed by atoms with van der Waals surface area (Å²) in [5, 5.41) is 2.95. The van der Waals surface area contributed by atoms with Gasteiger partial charge in [0.05, 0.1) is 4.90 Å². The van der Waals surface area contributed by atoms with Crippen LogP contribution in [0.5, 0.6) is 0 Å². The van der Waals surface area contributed by atoms with Crippen LogP contribution in [0.25, 0.3) is 0 Å². The van der Waals surface area contributed by atoms with Gasteiger partial charge in [-0.2, -0.15) is 0 Å². The number of halogens is 2. The Balaban J connectivity index is 2.24. The van der Waals surface area contributed by atoms with Gasteiger partial charge in [0.15, 0.2) is 0 Å². The molecule has 0 saturated carbocycles. The smallest absolute Gasteiger partial charge is 0.261 e. The zero-order chi connectivity index (χ0) is 14.0. The second-order valence-corrected chi connectivity index (χ2v) is 7.23. The molecule has 0 heterocycles. The van der Waals surface area contributed by atoms with Crippen LogP contribution in [0, 0.1) is 0 Å². The van der Waals surface area contributed by atoms with E-state index < -0.39 is 9.05 Å². The van der Waals surface area contributed by atoms with Gasteiger partial charge in [0.25, 0.3) is 15.0 Å². The summed E-state index contributed by atoms with van der Waals surface area (Å²) in [6.07, 6.45) is 5.51. The molecule has 0 radical (unpaired) electrons. The normalized spacial score (nSPS) is 15.7. The Hall–Kier alpha value is -1.04. The third-order valence-corrected chi connectivity index (χ3v) is 4.31. The third kappa shape index (κ3) is 3.72. The van der Waals surface area contributed by atoms with Gasteiger partial charge >= 0.3 is 0 Å². The Morgan fingerprint density at radius 1 is 1.21 bits per heavy atom. The van der Waals surface area contributed by atoms with Crippen LogP contribution in [0.4, 0.5) is 0 Å². The zero-order valence-corrected chi connectivity index (χ0v) is 12.1. The van der Waals surface area contributed by atoms with Gasteiger partial charge in [0.2, 0.25) is 0 Å². The number of amides is 1. The van der Waals surface area contributed by atoms with Crippen molar-refractivity contribution in [2.75, 3.05) is 0 Å². The number of hydrogen-bond donors (Lipinski definition) is 1. The van der Waals surface area contributed by atoms with Gasteiger partial charge in [0.1, 0.15) is 0 Å². The van der Waals surface area contributed by atoms with E-state index in [1.54, 1.807) is 0 Å². The first-order valence-corrected chi connectivity index (χ1v) is 8.26. The Bertz CT molecular complexity index is 632. The predicted octanol–water partition coefficient (Wildman–Crippen LogP) is 2.72. The van der Waals surface area contributed by atoms with Crippen LogP contribution in [0.15, 0.2) is 35.2 Å². The molecule has 1 aromatic rings. The van der Waals surface area contributed by atoms with E-state index in [-0.39, 0.29) is 27.4 Å². The van der Waals surface area contributed by atoms with E-state index >= 15 is 0 Å². The standard InChI is InChI=1S/C12H11Cl2NO3S/c13-9-5-8(6-11(7-9)19(14,17)18)12(16)15-10-3-1-2-4-10/h1-2,5-7,10H,3-4H2,(H,15,16). The van der Waals surface area contributed by atoms with Crippen LogP contribution in [0.1, 0.15) is 23.2 Å². The van der Waals surface area contributed by atoms with Crippen molar-refractivity contribution in [1.29, 1.82) is 0 Å². The lowest BCUT2D eigenvalue weighted by atomic mass is 10.1. The van der Waals surface area contributed by atoms with Crippen molar-refractivity contribution in [1.82, 2.24) is 5.32 Å². The van der Waals surface area contributed by atoms with Crippen molar-refractivity contribution >= 4 is 37.2 Å². The van der Waals surface area contributed by atoms with E-state index in [4.69, 9.17) is 22.3 Å². The zero-order valence-electron chi connectivity index (χ0n) is 9.77. The summed E-state index contributed by atoms with van der Waals surface area (Å²) in [7, 11) is 1.34. The van der Waals surface area contributed by atoms with E-state index in [0.29, 0.717) is 0 Å². The summed E-state index contributed by atoms with van der Waals surface area (Å²) in [6.45, 7) is 0. The predicted molar refractivity (Wildman–Crippen MR) is 74.1 cm³/mol. The molecular weight excluding hydrogens is 309 g/mol. The second-order valence-electron chi connectivity index (χ2n) is 4.23. The summed E-state index contributed by atoms with van der Waals surface area (Å²) in [5.41, 5.74) is 0.179. The molecule has 1 aliphatic carbocycles. The van der Waals surface area contributed by atoms with E-state index in [2.05, 4.69) is 5.32 Å². The van der Waals surface area contributed by atoms with Crippen molar-refractivity contribution in [2.45, 2.75) is 23.8 Å². The highest BCUT2D eigenvalue weighted by Gasteiger charge is 2.18. The highest BCUT2D eigenvalue weighted by Crippen LogP contribution is 2.22. The van der Waals surface area contributed by atoms with Crippen molar-refractivity contribution < 1.29 is 13.2 Å². The van der Waals surface area contributed by atoms with E-state index in [1.807, 2.05) is 12.2 Å². The molecule has 0 aliphatic heterocycles. The number of carbonyl (C=O) groups is 1. The SMILES string of the molecule is O=C(NC1CC=CC1)c1cc(Cl)cc(S(=O)(=O)Cl)c1. The molecule has 0 atom stereocenters. The molecule has 0 fully saturated rings. The maximum Gasteiger partial charge on any atom is 0.261 e. The third-order valence-electron chi connectivity index (χ3n) is 2.76. The first-order valence-electron chi connectivity index (χ1n) is 5.57. The van der Waals surface area contributed by atoms with Gasteiger partial charge in [-0.25, -0.2) is 8.42 Å². The van der Waals surface area contributed by atoms with E-state index in [1.165, 1.54) is 18.2 Å². The molecule has 1 aromatic carbocycles. The molecule has 7 heteroatoms. The minimum atomic E-state index is -3.91. The lowest BCUT2D eigenvalue weighted by molar-refractivity contribution is 0.0938. The lowest BCUT2D eigenvalue weighted by Crippen LogP contribution is -2.32. The summed E-state index contributed by atoms with van der Waals surface area (Å²) < 4.78 is 22.5. The molecule has 0 aromatic heterocycles. The van der Waals surface area contributed by atoms with Crippen molar-refractivity contribution in [2.24, 2.45) is 0 Å². The van der Waals surface area contributed by atoms with Gasteiger partial charge in [-0.15, -0.1) is 0 Å². The summed E-state index contributed by atoms with van der Waals surface area (Å²) in [5.74, 6) is -0.363. The van der Waals surface area contributed by atoms with Gasteiger partial charge in [-0.05, 0) is 31.0 Å². The van der Waals surface area contributed by atoms with Crippen molar-refractivity contribution in [3.8, 4) is 0 Å². The minimum absolute atomic E-state index is 0.0440. The molecule has 102 valence electrons. The molecule has 4 nitrogen and oxygen atoms in total. The summed E-state index contributed by atoms with van der Waals surface area (Å²) >= 11 is 5.80. The Morgan fingerprint density at radius 2 is 1.84 bits per heavy atom. The average Bonchev–Trinajstić information content (AvgIpc) is 2.79. The van der Waals surface area contributed by atoms with Crippen molar-refractivity contribution in [3.63, 3.8) is 0 Å².